The predicted molar refractivity (Wildman–Crippen MR) is 105 cm³/mol. The Bertz CT molecular complexity index is 889. The number of hydrogen-bond donors (Lipinski definition) is 1. The van der Waals surface area contributed by atoms with Gasteiger partial charge in [-0.1, -0.05) is 30.3 Å². The van der Waals surface area contributed by atoms with Crippen LogP contribution >= 0.6 is 0 Å². The first-order valence-corrected chi connectivity index (χ1v) is 9.05. The number of carbonyl (C=O) groups excluding carboxylic acids is 2. The lowest BCUT2D eigenvalue weighted by atomic mass is 10.2. The largest absolute Gasteiger partial charge is 0.482 e. The zero-order valence-corrected chi connectivity index (χ0v) is 15.8. The molecule has 0 aromatic heterocycles. The zero-order chi connectivity index (χ0) is 20.8. The summed E-state index contributed by atoms with van der Waals surface area (Å²) in [6.45, 7) is 2.15. The number of hydrogen-bond acceptors (Lipinski definition) is 7. The number of nitrogens with one attached hydrogen (secondary N) is 1. The van der Waals surface area contributed by atoms with Crippen molar-refractivity contribution >= 4 is 23.6 Å². The van der Waals surface area contributed by atoms with E-state index in [0.717, 1.165) is 5.56 Å². The van der Waals surface area contributed by atoms with E-state index in [1.165, 1.54) is 19.1 Å². The van der Waals surface area contributed by atoms with Crippen molar-refractivity contribution in [3.05, 3.63) is 64.2 Å². The third-order valence-electron chi connectivity index (χ3n) is 4.44. The summed E-state index contributed by atoms with van der Waals surface area (Å²) >= 11 is 0. The summed E-state index contributed by atoms with van der Waals surface area (Å²) in [6.07, 6.45) is -0.661. The lowest BCUT2D eigenvalue weighted by molar-refractivity contribution is -0.385. The van der Waals surface area contributed by atoms with Gasteiger partial charge in [-0.15, -0.1) is 0 Å². The molecule has 2 atom stereocenters. The average Bonchev–Trinajstić information content (AvgIpc) is 3.14. The molecule has 1 unspecified atom stereocenters. The Balaban J connectivity index is 1.77. The molecule has 9 nitrogen and oxygen atoms in total. The minimum Gasteiger partial charge on any atom is -0.482 e. The highest BCUT2D eigenvalue weighted by atomic mass is 16.6. The normalized spacial score (nSPS) is 18.3. The zero-order valence-electron chi connectivity index (χ0n) is 15.8. The Morgan fingerprint density at radius 1 is 1.34 bits per heavy atom. The number of benzene rings is 2. The van der Waals surface area contributed by atoms with Crippen molar-refractivity contribution in [1.29, 1.82) is 0 Å². The third kappa shape index (κ3) is 5.08. The summed E-state index contributed by atoms with van der Waals surface area (Å²) in [7, 11) is 0. The van der Waals surface area contributed by atoms with Crippen molar-refractivity contribution in [2.45, 2.75) is 25.9 Å². The molecular formula is C20H21N3O6. The molecule has 0 radical (unpaired) electrons. The molecule has 1 aliphatic rings. The van der Waals surface area contributed by atoms with Crippen LogP contribution < -0.4 is 15.0 Å². The standard InChI is InChI=1S/C20H21N3O6/c1-14(25)21-10-17-11-22(20(12-24)29-17)16-7-8-19(18(9-16)23(26)27)28-13-15-5-3-2-4-6-15/h2-9,12,17,20H,10-11,13H2,1H3,(H,21,25)/t17-,20?/m0/s1. The fourth-order valence-corrected chi connectivity index (χ4v) is 3.05. The third-order valence-corrected chi connectivity index (χ3v) is 4.44. The minimum atomic E-state index is -0.885. The second kappa shape index (κ2) is 9.16. The summed E-state index contributed by atoms with van der Waals surface area (Å²) in [5.74, 6) is -0.0644. The second-order valence-electron chi connectivity index (χ2n) is 6.56. The van der Waals surface area contributed by atoms with Gasteiger partial charge in [-0.3, -0.25) is 19.7 Å². The maximum Gasteiger partial charge on any atom is 0.312 e. The summed E-state index contributed by atoms with van der Waals surface area (Å²) in [4.78, 5) is 35.1. The number of carbonyl (C=O) groups is 2. The molecule has 2 aromatic carbocycles. The molecule has 1 fully saturated rings. The first kappa shape index (κ1) is 20.3. The van der Waals surface area contributed by atoms with Gasteiger partial charge in [-0.05, 0) is 17.7 Å². The van der Waals surface area contributed by atoms with Crippen molar-refractivity contribution in [2.75, 3.05) is 18.0 Å². The monoisotopic (exact) mass is 399 g/mol. The summed E-state index contributed by atoms with van der Waals surface area (Å²) in [6, 6.07) is 13.9. The van der Waals surface area contributed by atoms with E-state index in [0.29, 0.717) is 18.5 Å². The number of nitro groups is 1. The number of ether oxygens (including phenoxy) is 2. The smallest absolute Gasteiger partial charge is 0.312 e. The molecule has 1 amide bonds. The average molecular weight is 399 g/mol. The molecule has 1 aliphatic heterocycles. The van der Waals surface area contributed by atoms with Crippen LogP contribution in [0.2, 0.25) is 0 Å². The van der Waals surface area contributed by atoms with Crippen LogP contribution in [0.25, 0.3) is 0 Å². The summed E-state index contributed by atoms with van der Waals surface area (Å²) in [5.41, 5.74) is 1.15. The molecule has 1 saturated heterocycles. The maximum atomic E-state index is 11.6. The molecule has 0 spiro atoms. The van der Waals surface area contributed by atoms with E-state index >= 15 is 0 Å². The van der Waals surface area contributed by atoms with Crippen molar-refractivity contribution in [3.8, 4) is 5.75 Å². The van der Waals surface area contributed by atoms with Gasteiger partial charge in [0.1, 0.15) is 6.61 Å². The molecule has 29 heavy (non-hydrogen) atoms. The highest BCUT2D eigenvalue weighted by molar-refractivity contribution is 5.73. The Kier molecular flexibility index (Phi) is 6.40. The van der Waals surface area contributed by atoms with E-state index in [1.807, 2.05) is 30.3 Å². The van der Waals surface area contributed by atoms with E-state index in [4.69, 9.17) is 9.47 Å². The molecular weight excluding hydrogens is 378 g/mol. The van der Waals surface area contributed by atoms with Crippen molar-refractivity contribution in [2.24, 2.45) is 0 Å². The van der Waals surface area contributed by atoms with Crippen molar-refractivity contribution in [1.82, 2.24) is 5.32 Å². The molecule has 2 aromatic rings. The molecule has 1 N–H and O–H groups in total. The SMILES string of the molecule is CC(=O)NC[C@H]1CN(c2ccc(OCc3ccccc3)c([N+](=O)[O-])c2)C(C=O)O1. The number of amides is 1. The Labute approximate surface area is 167 Å². The van der Waals surface area contributed by atoms with Gasteiger partial charge in [-0.2, -0.15) is 0 Å². The van der Waals surface area contributed by atoms with E-state index in [2.05, 4.69) is 5.32 Å². The molecule has 152 valence electrons. The number of nitro benzene ring substituents is 1. The molecule has 9 heteroatoms. The van der Waals surface area contributed by atoms with Gasteiger partial charge < -0.3 is 19.7 Å². The van der Waals surface area contributed by atoms with Crippen LogP contribution in [0.3, 0.4) is 0 Å². The van der Waals surface area contributed by atoms with Crippen LogP contribution in [-0.2, 0) is 20.9 Å². The van der Waals surface area contributed by atoms with E-state index < -0.39 is 17.3 Å². The van der Waals surface area contributed by atoms with Gasteiger partial charge in [0.05, 0.1) is 11.0 Å². The number of aldehydes is 1. The van der Waals surface area contributed by atoms with Gasteiger partial charge in [0, 0.05) is 31.8 Å². The highest BCUT2D eigenvalue weighted by Crippen LogP contribution is 2.34. The lowest BCUT2D eigenvalue weighted by Crippen LogP contribution is -2.33. The van der Waals surface area contributed by atoms with Crippen molar-refractivity contribution in [3.63, 3.8) is 0 Å². The summed E-state index contributed by atoms with van der Waals surface area (Å²) < 4.78 is 11.2. The first-order chi connectivity index (χ1) is 14.0. The van der Waals surface area contributed by atoms with Gasteiger partial charge in [0.15, 0.2) is 18.3 Å². The maximum absolute atomic E-state index is 11.6. The Morgan fingerprint density at radius 3 is 2.76 bits per heavy atom. The highest BCUT2D eigenvalue weighted by Gasteiger charge is 2.34. The number of nitrogens with zero attached hydrogens (tertiary/aromatic N) is 2. The van der Waals surface area contributed by atoms with Crippen LogP contribution in [0.1, 0.15) is 12.5 Å². The van der Waals surface area contributed by atoms with Gasteiger partial charge in [0.2, 0.25) is 5.91 Å². The topological polar surface area (TPSA) is 111 Å². The molecule has 0 bridgehead atoms. The van der Waals surface area contributed by atoms with Crippen LogP contribution in [0, 0.1) is 10.1 Å². The van der Waals surface area contributed by atoms with Crippen LogP contribution in [0.5, 0.6) is 5.75 Å². The Morgan fingerprint density at radius 2 is 2.10 bits per heavy atom. The fraction of sp³-hybridized carbons (Fsp3) is 0.300. The Hall–Kier alpha value is -3.46. The van der Waals surface area contributed by atoms with Gasteiger partial charge in [0.25, 0.3) is 0 Å². The van der Waals surface area contributed by atoms with E-state index in [1.54, 1.807) is 11.0 Å². The van der Waals surface area contributed by atoms with E-state index in [9.17, 15) is 19.7 Å². The molecule has 3 rings (SSSR count). The van der Waals surface area contributed by atoms with Crippen molar-refractivity contribution < 1.29 is 24.0 Å². The second-order valence-corrected chi connectivity index (χ2v) is 6.56. The van der Waals surface area contributed by atoms with E-state index in [-0.39, 0.29) is 30.5 Å². The molecule has 1 heterocycles. The fourth-order valence-electron chi connectivity index (χ4n) is 3.05. The van der Waals surface area contributed by atoms with Crippen LogP contribution in [-0.4, -0.2) is 42.5 Å². The first-order valence-electron chi connectivity index (χ1n) is 9.05. The van der Waals surface area contributed by atoms with Crippen LogP contribution in [0.4, 0.5) is 11.4 Å². The minimum absolute atomic E-state index is 0.139. The van der Waals surface area contributed by atoms with Gasteiger partial charge in [-0.25, -0.2) is 0 Å². The lowest BCUT2D eigenvalue weighted by Gasteiger charge is -2.21. The van der Waals surface area contributed by atoms with Crippen LogP contribution in [0.15, 0.2) is 48.5 Å². The molecule has 0 aliphatic carbocycles. The molecule has 0 saturated carbocycles. The number of anilines is 1. The quantitative estimate of drug-likeness (QED) is 0.411. The number of rotatable bonds is 8. The predicted octanol–water partition coefficient (Wildman–Crippen LogP) is 2.04. The summed E-state index contributed by atoms with van der Waals surface area (Å²) in [5, 5.41) is 14.2. The van der Waals surface area contributed by atoms with Gasteiger partial charge >= 0.3 is 5.69 Å².